The van der Waals surface area contributed by atoms with Crippen LogP contribution in [0.25, 0.3) is 0 Å². The van der Waals surface area contributed by atoms with Gasteiger partial charge in [-0.3, -0.25) is 4.79 Å². The summed E-state index contributed by atoms with van der Waals surface area (Å²) in [4.78, 5) is 14.1. The first-order valence-corrected chi connectivity index (χ1v) is 7.17. The van der Waals surface area contributed by atoms with Crippen molar-refractivity contribution < 1.29 is 9.53 Å². The maximum Gasteiger partial charge on any atom is 0.248 e. The summed E-state index contributed by atoms with van der Waals surface area (Å²) in [5, 5.41) is 6.24. The second kappa shape index (κ2) is 12.1. The van der Waals surface area contributed by atoms with Gasteiger partial charge in [-0.2, -0.15) is 0 Å². The molecular weight excluding hydrogens is 278 g/mol. The molecule has 5 nitrogen and oxygen atoms in total. The normalized spacial score (nSPS) is 17.1. The molecular formula is C14H28ClN3O2. The monoisotopic (exact) mass is 305 g/mol. The SMILES string of the molecule is C=CCCOC(C)C(=O)NCCCN1CCNCC1.Cl. The van der Waals surface area contributed by atoms with Crippen LogP contribution in [0.5, 0.6) is 0 Å². The largest absolute Gasteiger partial charge is 0.368 e. The molecule has 1 aliphatic heterocycles. The van der Waals surface area contributed by atoms with Crippen LogP contribution < -0.4 is 10.6 Å². The van der Waals surface area contributed by atoms with E-state index in [2.05, 4.69) is 22.1 Å². The van der Waals surface area contributed by atoms with Crippen LogP contribution in [-0.4, -0.2) is 62.8 Å². The summed E-state index contributed by atoms with van der Waals surface area (Å²) in [6.45, 7) is 12.1. The first kappa shape index (κ1) is 19.4. The molecule has 1 atom stereocenters. The number of ether oxygens (including phenoxy) is 1. The molecule has 6 heteroatoms. The van der Waals surface area contributed by atoms with Gasteiger partial charge in [0.15, 0.2) is 0 Å². The van der Waals surface area contributed by atoms with Crippen LogP contribution in [0.2, 0.25) is 0 Å². The van der Waals surface area contributed by atoms with Crippen LogP contribution >= 0.6 is 12.4 Å². The zero-order chi connectivity index (χ0) is 13.9. The summed E-state index contributed by atoms with van der Waals surface area (Å²) in [6.07, 6.45) is 3.18. The summed E-state index contributed by atoms with van der Waals surface area (Å²) in [6, 6.07) is 0. The number of nitrogens with zero attached hydrogens (tertiary/aromatic N) is 1. The van der Waals surface area contributed by atoms with Gasteiger partial charge >= 0.3 is 0 Å². The Bertz CT molecular complexity index is 271. The van der Waals surface area contributed by atoms with Crippen molar-refractivity contribution >= 4 is 18.3 Å². The van der Waals surface area contributed by atoms with E-state index in [1.807, 2.05) is 0 Å². The van der Waals surface area contributed by atoms with Gasteiger partial charge < -0.3 is 20.3 Å². The van der Waals surface area contributed by atoms with Gasteiger partial charge in [-0.1, -0.05) is 6.08 Å². The van der Waals surface area contributed by atoms with Gasteiger partial charge in [0.2, 0.25) is 5.91 Å². The third kappa shape index (κ3) is 8.53. The standard InChI is InChI=1S/C14H27N3O2.ClH/c1-3-4-12-19-13(2)14(18)16-6-5-9-17-10-7-15-8-11-17;/h3,13,15H,1,4-12H2,2H3,(H,16,18);1H. The molecule has 0 bridgehead atoms. The molecule has 0 aromatic rings. The van der Waals surface area contributed by atoms with Gasteiger partial charge in [0.1, 0.15) is 6.10 Å². The fourth-order valence-electron chi connectivity index (χ4n) is 2.00. The Morgan fingerprint density at radius 2 is 2.20 bits per heavy atom. The zero-order valence-corrected chi connectivity index (χ0v) is 13.2. The predicted molar refractivity (Wildman–Crippen MR) is 84.4 cm³/mol. The molecule has 20 heavy (non-hydrogen) atoms. The van der Waals surface area contributed by atoms with E-state index < -0.39 is 0 Å². The summed E-state index contributed by atoms with van der Waals surface area (Å²) < 4.78 is 5.39. The average Bonchev–Trinajstić information content (AvgIpc) is 2.44. The molecule has 1 saturated heterocycles. The van der Waals surface area contributed by atoms with Gasteiger partial charge in [-0.05, 0) is 26.3 Å². The van der Waals surface area contributed by atoms with E-state index in [0.717, 1.165) is 52.1 Å². The number of piperazine rings is 1. The minimum Gasteiger partial charge on any atom is -0.368 e. The molecule has 118 valence electrons. The summed E-state index contributed by atoms with van der Waals surface area (Å²) in [7, 11) is 0. The van der Waals surface area contributed by atoms with Crippen molar-refractivity contribution in [2.24, 2.45) is 0 Å². The second-order valence-corrected chi connectivity index (χ2v) is 4.83. The lowest BCUT2D eigenvalue weighted by Crippen LogP contribution is -2.44. The van der Waals surface area contributed by atoms with Crippen molar-refractivity contribution in [3.63, 3.8) is 0 Å². The van der Waals surface area contributed by atoms with Crippen LogP contribution in [0.4, 0.5) is 0 Å². The molecule has 0 aromatic carbocycles. The van der Waals surface area contributed by atoms with Crippen LogP contribution in [-0.2, 0) is 9.53 Å². The van der Waals surface area contributed by atoms with Crippen molar-refractivity contribution in [2.75, 3.05) is 45.9 Å². The minimum atomic E-state index is -0.376. The highest BCUT2D eigenvalue weighted by Gasteiger charge is 2.12. The molecule has 0 radical (unpaired) electrons. The minimum absolute atomic E-state index is 0. The molecule has 2 N–H and O–H groups in total. The third-order valence-electron chi connectivity index (χ3n) is 3.22. The Balaban J connectivity index is 0.00000361. The Morgan fingerprint density at radius 1 is 1.50 bits per heavy atom. The fourth-order valence-corrected chi connectivity index (χ4v) is 2.00. The van der Waals surface area contributed by atoms with E-state index in [9.17, 15) is 4.79 Å². The van der Waals surface area contributed by atoms with Gasteiger partial charge in [0, 0.05) is 32.7 Å². The van der Waals surface area contributed by atoms with E-state index in [0.29, 0.717) is 6.61 Å². The molecule has 0 aliphatic carbocycles. The van der Waals surface area contributed by atoms with Crippen LogP contribution in [0.1, 0.15) is 19.8 Å². The molecule has 1 rings (SSSR count). The Kier molecular flexibility index (Phi) is 11.8. The van der Waals surface area contributed by atoms with Crippen molar-refractivity contribution in [1.29, 1.82) is 0 Å². The maximum atomic E-state index is 11.7. The predicted octanol–water partition coefficient (Wildman–Crippen LogP) is 0.801. The lowest BCUT2D eigenvalue weighted by atomic mass is 10.3. The van der Waals surface area contributed by atoms with Crippen LogP contribution in [0.15, 0.2) is 12.7 Å². The van der Waals surface area contributed by atoms with Gasteiger partial charge in [0.05, 0.1) is 6.61 Å². The van der Waals surface area contributed by atoms with Crippen molar-refractivity contribution in [2.45, 2.75) is 25.9 Å². The van der Waals surface area contributed by atoms with E-state index in [1.165, 1.54) is 0 Å². The molecule has 0 spiro atoms. The quantitative estimate of drug-likeness (QED) is 0.489. The molecule has 1 amide bonds. The van der Waals surface area contributed by atoms with Crippen LogP contribution in [0.3, 0.4) is 0 Å². The van der Waals surface area contributed by atoms with Gasteiger partial charge in [-0.25, -0.2) is 0 Å². The lowest BCUT2D eigenvalue weighted by molar-refractivity contribution is -0.131. The highest BCUT2D eigenvalue weighted by Crippen LogP contribution is 1.95. The van der Waals surface area contributed by atoms with Gasteiger partial charge in [-0.15, -0.1) is 19.0 Å². The Hall–Kier alpha value is -0.620. The number of hydrogen-bond donors (Lipinski definition) is 2. The highest BCUT2D eigenvalue weighted by atomic mass is 35.5. The molecule has 1 heterocycles. The first-order chi connectivity index (χ1) is 9.24. The number of carbonyl (C=O) groups excluding carboxylic acids is 1. The second-order valence-electron chi connectivity index (χ2n) is 4.83. The smallest absolute Gasteiger partial charge is 0.248 e. The average molecular weight is 306 g/mol. The Morgan fingerprint density at radius 3 is 2.85 bits per heavy atom. The topological polar surface area (TPSA) is 53.6 Å². The first-order valence-electron chi connectivity index (χ1n) is 7.17. The lowest BCUT2D eigenvalue weighted by Gasteiger charge is -2.27. The van der Waals surface area contributed by atoms with E-state index in [-0.39, 0.29) is 24.4 Å². The summed E-state index contributed by atoms with van der Waals surface area (Å²) >= 11 is 0. The number of nitrogens with one attached hydrogen (secondary N) is 2. The molecule has 1 unspecified atom stereocenters. The number of halogens is 1. The summed E-state index contributed by atoms with van der Waals surface area (Å²) in [5.74, 6) is -0.0237. The third-order valence-corrected chi connectivity index (χ3v) is 3.22. The highest BCUT2D eigenvalue weighted by molar-refractivity contribution is 5.85. The van der Waals surface area contributed by atoms with Crippen LogP contribution in [0, 0.1) is 0 Å². The Labute approximate surface area is 128 Å². The van der Waals surface area contributed by atoms with E-state index in [1.54, 1.807) is 13.0 Å². The maximum absolute atomic E-state index is 11.7. The number of carbonyl (C=O) groups is 1. The zero-order valence-electron chi connectivity index (χ0n) is 12.4. The molecule has 0 aromatic heterocycles. The van der Waals surface area contributed by atoms with Crippen molar-refractivity contribution in [1.82, 2.24) is 15.5 Å². The number of amides is 1. The molecule has 0 saturated carbocycles. The number of hydrogen-bond acceptors (Lipinski definition) is 4. The van der Waals surface area contributed by atoms with E-state index >= 15 is 0 Å². The number of rotatable bonds is 9. The molecule has 1 aliphatic rings. The van der Waals surface area contributed by atoms with E-state index in [4.69, 9.17) is 4.74 Å². The summed E-state index contributed by atoms with van der Waals surface area (Å²) in [5.41, 5.74) is 0. The van der Waals surface area contributed by atoms with Gasteiger partial charge in [0.25, 0.3) is 0 Å². The van der Waals surface area contributed by atoms with Crippen molar-refractivity contribution in [3.05, 3.63) is 12.7 Å². The van der Waals surface area contributed by atoms with Crippen molar-refractivity contribution in [3.8, 4) is 0 Å². The molecule has 1 fully saturated rings. The fraction of sp³-hybridized carbons (Fsp3) is 0.786.